The summed E-state index contributed by atoms with van der Waals surface area (Å²) >= 11 is 7.45. The second-order valence-electron chi connectivity index (χ2n) is 4.87. The first kappa shape index (κ1) is 14.8. The van der Waals surface area contributed by atoms with Crippen LogP contribution in [0, 0.1) is 0 Å². The number of carbonyl (C=O) groups is 1. The van der Waals surface area contributed by atoms with Gasteiger partial charge in [0.2, 0.25) is 0 Å². The lowest BCUT2D eigenvalue weighted by Gasteiger charge is -2.19. The number of hydrogen-bond acceptors (Lipinski definition) is 3. The summed E-state index contributed by atoms with van der Waals surface area (Å²) in [6.07, 6.45) is 3.57. The van der Waals surface area contributed by atoms with E-state index in [1.807, 2.05) is 52.8 Å². The first-order valence-corrected chi connectivity index (χ1v) is 8.03. The van der Waals surface area contributed by atoms with Gasteiger partial charge in [0.1, 0.15) is 11.9 Å². The molecule has 4 nitrogen and oxygen atoms in total. The number of nitrogens with one attached hydrogen (secondary N) is 1. The van der Waals surface area contributed by atoms with Crippen molar-refractivity contribution in [2.24, 2.45) is 7.05 Å². The number of rotatable bonds is 4. The summed E-state index contributed by atoms with van der Waals surface area (Å²) in [6, 6.07) is 8.89. The number of aryl methyl sites for hydroxylation is 1. The molecule has 6 heteroatoms. The highest BCUT2D eigenvalue weighted by atomic mass is 35.5. The number of aromatic nitrogens is 2. The van der Waals surface area contributed by atoms with Crippen molar-refractivity contribution < 1.29 is 4.79 Å². The van der Waals surface area contributed by atoms with Crippen molar-refractivity contribution in [1.82, 2.24) is 14.9 Å². The molecule has 1 atom stereocenters. The lowest BCUT2D eigenvalue weighted by atomic mass is 10.1. The Morgan fingerprint density at radius 2 is 2.09 bits per heavy atom. The van der Waals surface area contributed by atoms with Crippen LogP contribution in [0.5, 0.6) is 0 Å². The van der Waals surface area contributed by atoms with Gasteiger partial charge in [-0.25, -0.2) is 4.98 Å². The molecule has 0 bridgehead atoms. The van der Waals surface area contributed by atoms with E-state index < -0.39 is 0 Å². The standard InChI is InChI=1S/C16H14ClN3OS/c1-20-8-7-18-15(20)14(11-2-4-13(17)5-3-11)19-16(21)12-6-9-22-10-12/h2-10,14H,1H3,(H,19,21)/t14-/m1/s1. The highest BCUT2D eigenvalue weighted by Gasteiger charge is 2.21. The van der Waals surface area contributed by atoms with Crippen LogP contribution in [0.15, 0.2) is 53.5 Å². The molecule has 22 heavy (non-hydrogen) atoms. The summed E-state index contributed by atoms with van der Waals surface area (Å²) < 4.78 is 1.90. The Kier molecular flexibility index (Phi) is 4.27. The normalized spacial score (nSPS) is 12.1. The highest BCUT2D eigenvalue weighted by molar-refractivity contribution is 7.08. The third-order valence-electron chi connectivity index (χ3n) is 3.38. The molecule has 0 saturated heterocycles. The van der Waals surface area contributed by atoms with E-state index in [1.165, 1.54) is 11.3 Å². The number of nitrogens with zero attached hydrogens (tertiary/aromatic N) is 2. The third-order valence-corrected chi connectivity index (χ3v) is 4.31. The zero-order chi connectivity index (χ0) is 15.5. The molecule has 0 radical (unpaired) electrons. The molecule has 2 aromatic heterocycles. The Bertz CT molecular complexity index is 765. The van der Waals surface area contributed by atoms with Crippen molar-refractivity contribution in [3.63, 3.8) is 0 Å². The van der Waals surface area contributed by atoms with Crippen molar-refractivity contribution in [3.8, 4) is 0 Å². The van der Waals surface area contributed by atoms with Gasteiger partial charge in [0.05, 0.1) is 5.56 Å². The molecule has 2 heterocycles. The van der Waals surface area contributed by atoms with Gasteiger partial charge in [-0.2, -0.15) is 11.3 Å². The van der Waals surface area contributed by atoms with E-state index in [4.69, 9.17) is 11.6 Å². The average molecular weight is 332 g/mol. The molecule has 0 aliphatic rings. The van der Waals surface area contributed by atoms with E-state index in [2.05, 4.69) is 10.3 Å². The Morgan fingerprint density at radius 3 is 2.68 bits per heavy atom. The minimum absolute atomic E-state index is 0.121. The maximum absolute atomic E-state index is 12.4. The first-order chi connectivity index (χ1) is 10.6. The fourth-order valence-electron chi connectivity index (χ4n) is 2.22. The molecular weight excluding hydrogens is 318 g/mol. The quantitative estimate of drug-likeness (QED) is 0.793. The predicted octanol–water partition coefficient (Wildman–Crippen LogP) is 3.65. The molecule has 112 valence electrons. The highest BCUT2D eigenvalue weighted by Crippen LogP contribution is 2.23. The van der Waals surface area contributed by atoms with E-state index in [0.717, 1.165) is 11.4 Å². The molecule has 1 amide bonds. The molecule has 0 aliphatic carbocycles. The van der Waals surface area contributed by atoms with E-state index in [9.17, 15) is 4.79 Å². The fraction of sp³-hybridized carbons (Fsp3) is 0.125. The van der Waals surface area contributed by atoms with E-state index in [1.54, 1.807) is 12.3 Å². The van der Waals surface area contributed by atoms with Crippen molar-refractivity contribution in [3.05, 3.63) is 75.5 Å². The van der Waals surface area contributed by atoms with Crippen LogP contribution in [0.4, 0.5) is 0 Å². The van der Waals surface area contributed by atoms with Gasteiger partial charge in [0.15, 0.2) is 0 Å². The second-order valence-corrected chi connectivity index (χ2v) is 6.08. The molecule has 0 fully saturated rings. The number of amides is 1. The van der Waals surface area contributed by atoms with Gasteiger partial charge >= 0.3 is 0 Å². The average Bonchev–Trinajstić information content (AvgIpc) is 3.17. The summed E-state index contributed by atoms with van der Waals surface area (Å²) in [7, 11) is 1.90. The summed E-state index contributed by atoms with van der Waals surface area (Å²) in [5.41, 5.74) is 1.58. The van der Waals surface area contributed by atoms with Gasteiger partial charge in [-0.15, -0.1) is 0 Å². The lowest BCUT2D eigenvalue weighted by molar-refractivity contribution is 0.0941. The van der Waals surface area contributed by atoms with Gasteiger partial charge in [0, 0.05) is 29.8 Å². The molecule has 1 aromatic carbocycles. The smallest absolute Gasteiger partial charge is 0.252 e. The summed E-state index contributed by atoms with van der Waals surface area (Å²) in [6.45, 7) is 0. The van der Waals surface area contributed by atoms with E-state index >= 15 is 0 Å². The molecule has 3 aromatic rings. The zero-order valence-electron chi connectivity index (χ0n) is 11.9. The van der Waals surface area contributed by atoms with Crippen LogP contribution in [0.2, 0.25) is 5.02 Å². The van der Waals surface area contributed by atoms with E-state index in [0.29, 0.717) is 10.6 Å². The van der Waals surface area contributed by atoms with Gasteiger partial charge in [0.25, 0.3) is 5.91 Å². The van der Waals surface area contributed by atoms with Gasteiger partial charge < -0.3 is 9.88 Å². The van der Waals surface area contributed by atoms with Crippen LogP contribution in [0.3, 0.4) is 0 Å². The van der Waals surface area contributed by atoms with Crippen LogP contribution in [0.25, 0.3) is 0 Å². The third kappa shape index (κ3) is 3.05. The van der Waals surface area contributed by atoms with Crippen LogP contribution in [0.1, 0.15) is 27.8 Å². The predicted molar refractivity (Wildman–Crippen MR) is 88.3 cm³/mol. The number of carbonyl (C=O) groups excluding carboxylic acids is 1. The monoisotopic (exact) mass is 331 g/mol. The molecular formula is C16H14ClN3OS. The minimum Gasteiger partial charge on any atom is -0.338 e. The van der Waals surface area contributed by atoms with Gasteiger partial charge in [-0.3, -0.25) is 4.79 Å². The maximum Gasteiger partial charge on any atom is 0.252 e. The Morgan fingerprint density at radius 1 is 1.32 bits per heavy atom. The van der Waals surface area contributed by atoms with Crippen LogP contribution in [-0.2, 0) is 7.05 Å². The number of hydrogen-bond donors (Lipinski definition) is 1. The number of halogens is 1. The van der Waals surface area contributed by atoms with E-state index in [-0.39, 0.29) is 11.9 Å². The second kappa shape index (κ2) is 6.34. The van der Waals surface area contributed by atoms with Crippen LogP contribution in [-0.4, -0.2) is 15.5 Å². The molecule has 3 rings (SSSR count). The fourth-order valence-corrected chi connectivity index (χ4v) is 2.98. The Labute approximate surface area is 137 Å². The molecule has 0 aliphatic heterocycles. The van der Waals surface area contributed by atoms with Gasteiger partial charge in [-0.1, -0.05) is 23.7 Å². The van der Waals surface area contributed by atoms with Crippen molar-refractivity contribution in [2.75, 3.05) is 0 Å². The lowest BCUT2D eigenvalue weighted by Crippen LogP contribution is -2.30. The largest absolute Gasteiger partial charge is 0.338 e. The van der Waals surface area contributed by atoms with Crippen molar-refractivity contribution in [1.29, 1.82) is 0 Å². The summed E-state index contributed by atoms with van der Waals surface area (Å²) in [5, 5.41) is 7.41. The summed E-state index contributed by atoms with van der Waals surface area (Å²) in [5.74, 6) is 0.648. The van der Waals surface area contributed by atoms with Crippen molar-refractivity contribution in [2.45, 2.75) is 6.04 Å². The Hall–Kier alpha value is -2.11. The molecule has 0 unspecified atom stereocenters. The van der Waals surface area contributed by atoms with Crippen LogP contribution >= 0.6 is 22.9 Å². The van der Waals surface area contributed by atoms with Crippen LogP contribution < -0.4 is 5.32 Å². The van der Waals surface area contributed by atoms with Crippen molar-refractivity contribution >= 4 is 28.8 Å². The topological polar surface area (TPSA) is 46.9 Å². The minimum atomic E-state index is -0.329. The summed E-state index contributed by atoms with van der Waals surface area (Å²) in [4.78, 5) is 16.8. The number of thiophene rings is 1. The van der Waals surface area contributed by atoms with Gasteiger partial charge in [-0.05, 0) is 29.1 Å². The number of benzene rings is 1. The molecule has 0 spiro atoms. The maximum atomic E-state index is 12.4. The SMILES string of the molecule is Cn1ccnc1[C@H](NC(=O)c1ccsc1)c1ccc(Cl)cc1. The first-order valence-electron chi connectivity index (χ1n) is 6.71. The molecule has 0 saturated carbocycles. The number of imidazole rings is 1. The Balaban J connectivity index is 1.95. The molecule has 1 N–H and O–H groups in total. The zero-order valence-corrected chi connectivity index (χ0v) is 13.4.